The van der Waals surface area contributed by atoms with Crippen LogP contribution in [0.1, 0.15) is 76.6 Å². The molecule has 1 aromatic heterocycles. The van der Waals surface area contributed by atoms with E-state index in [1.54, 1.807) is 11.8 Å². The number of thioether (sulfide) groups is 1. The average molecular weight is 311 g/mol. The van der Waals surface area contributed by atoms with Crippen molar-refractivity contribution in [3.05, 3.63) is 11.7 Å². The molecule has 2 rings (SSSR count). The topological polar surface area (TPSA) is 64.9 Å². The maximum absolute atomic E-state index is 6.09. The van der Waals surface area contributed by atoms with Crippen molar-refractivity contribution in [2.45, 2.75) is 64.8 Å². The van der Waals surface area contributed by atoms with Crippen molar-refractivity contribution in [2.75, 3.05) is 12.0 Å². The van der Waals surface area contributed by atoms with E-state index in [9.17, 15) is 0 Å². The predicted octanol–water partition coefficient (Wildman–Crippen LogP) is 4.14. The number of hydrogen-bond donors (Lipinski definition) is 1. The van der Waals surface area contributed by atoms with Crippen LogP contribution in [0.15, 0.2) is 4.52 Å². The maximum Gasteiger partial charge on any atom is 0.243 e. The highest BCUT2D eigenvalue weighted by molar-refractivity contribution is 7.98. The van der Waals surface area contributed by atoms with Gasteiger partial charge in [-0.25, -0.2) is 0 Å². The zero-order valence-corrected chi connectivity index (χ0v) is 14.6. The van der Waals surface area contributed by atoms with E-state index in [1.165, 1.54) is 25.7 Å². The first-order chi connectivity index (χ1) is 9.91. The minimum atomic E-state index is -0.121. The molecule has 0 bridgehead atoms. The first kappa shape index (κ1) is 16.8. The second-order valence-electron chi connectivity index (χ2n) is 7.29. The van der Waals surface area contributed by atoms with E-state index in [0.717, 1.165) is 23.9 Å². The van der Waals surface area contributed by atoms with Gasteiger partial charge in [0.05, 0.1) is 6.04 Å². The largest absolute Gasteiger partial charge is 0.338 e. The molecule has 0 amide bonds. The highest BCUT2D eigenvalue weighted by Crippen LogP contribution is 2.42. The lowest BCUT2D eigenvalue weighted by Crippen LogP contribution is -2.25. The molecule has 21 heavy (non-hydrogen) atoms. The van der Waals surface area contributed by atoms with Crippen LogP contribution in [-0.2, 0) is 0 Å². The Morgan fingerprint density at radius 2 is 1.95 bits per heavy atom. The Morgan fingerprint density at radius 3 is 2.52 bits per heavy atom. The molecule has 5 heteroatoms. The first-order valence-corrected chi connectivity index (χ1v) is 9.39. The third-order valence-corrected chi connectivity index (χ3v) is 5.37. The van der Waals surface area contributed by atoms with E-state index in [-0.39, 0.29) is 6.04 Å². The molecule has 2 N–H and O–H groups in total. The minimum absolute atomic E-state index is 0.121. The first-order valence-electron chi connectivity index (χ1n) is 8.00. The van der Waals surface area contributed by atoms with Crippen molar-refractivity contribution in [2.24, 2.45) is 17.1 Å². The highest BCUT2D eigenvalue weighted by atomic mass is 32.2. The van der Waals surface area contributed by atoms with Crippen molar-refractivity contribution in [3.8, 4) is 0 Å². The fourth-order valence-electron chi connectivity index (χ4n) is 3.15. The maximum atomic E-state index is 6.09. The molecule has 1 saturated carbocycles. The van der Waals surface area contributed by atoms with Gasteiger partial charge >= 0.3 is 0 Å². The van der Waals surface area contributed by atoms with E-state index in [0.29, 0.717) is 17.2 Å². The molecule has 0 saturated heterocycles. The van der Waals surface area contributed by atoms with Crippen LogP contribution < -0.4 is 5.73 Å². The van der Waals surface area contributed by atoms with Crippen LogP contribution in [0.3, 0.4) is 0 Å². The van der Waals surface area contributed by atoms with Crippen molar-refractivity contribution in [1.29, 1.82) is 0 Å². The van der Waals surface area contributed by atoms with Crippen LogP contribution in [0, 0.1) is 11.3 Å². The standard InChI is InChI=1S/C16H29N3OS/c1-16(2,3)12-7-5-11(6-8-12)14-18-15(20-19-14)13(17)9-10-21-4/h11-13H,5-10,17H2,1-4H3/t11?,12?,13-/m1/s1. The van der Waals surface area contributed by atoms with Crippen molar-refractivity contribution in [3.63, 3.8) is 0 Å². The SMILES string of the molecule is CSCC[C@@H](N)c1nc(C2CCC(C(C)(C)C)CC2)no1. The van der Waals surface area contributed by atoms with Gasteiger partial charge in [-0.05, 0) is 55.4 Å². The third kappa shape index (κ3) is 4.46. The summed E-state index contributed by atoms with van der Waals surface area (Å²) in [5.41, 5.74) is 6.50. The Kier molecular flexibility index (Phi) is 5.72. The summed E-state index contributed by atoms with van der Waals surface area (Å²) in [5.74, 6) is 3.77. The van der Waals surface area contributed by atoms with Gasteiger partial charge in [0.15, 0.2) is 5.82 Å². The fraction of sp³-hybridized carbons (Fsp3) is 0.875. The Morgan fingerprint density at radius 1 is 1.29 bits per heavy atom. The smallest absolute Gasteiger partial charge is 0.243 e. The summed E-state index contributed by atoms with van der Waals surface area (Å²) < 4.78 is 5.38. The molecule has 0 radical (unpaired) electrons. The Labute approximate surface area is 132 Å². The minimum Gasteiger partial charge on any atom is -0.338 e. The molecule has 120 valence electrons. The summed E-state index contributed by atoms with van der Waals surface area (Å²) in [5, 5.41) is 4.18. The van der Waals surface area contributed by atoms with Gasteiger partial charge in [-0.2, -0.15) is 16.7 Å². The Balaban J connectivity index is 1.91. The van der Waals surface area contributed by atoms with Gasteiger partial charge in [0, 0.05) is 5.92 Å². The molecule has 0 unspecified atom stereocenters. The predicted molar refractivity (Wildman–Crippen MR) is 88.4 cm³/mol. The Bertz CT molecular complexity index is 433. The molecule has 1 aromatic rings. The lowest BCUT2D eigenvalue weighted by Gasteiger charge is -2.36. The van der Waals surface area contributed by atoms with E-state index < -0.39 is 0 Å². The lowest BCUT2D eigenvalue weighted by molar-refractivity contribution is 0.166. The fourth-order valence-corrected chi connectivity index (χ4v) is 3.64. The van der Waals surface area contributed by atoms with Gasteiger partial charge in [0.1, 0.15) is 0 Å². The summed E-state index contributed by atoms with van der Waals surface area (Å²) in [6.45, 7) is 7.03. The zero-order valence-electron chi connectivity index (χ0n) is 13.8. The number of hydrogen-bond acceptors (Lipinski definition) is 5. The molecule has 1 fully saturated rings. The Hall–Kier alpha value is -0.550. The van der Waals surface area contributed by atoms with Gasteiger partial charge in [0.25, 0.3) is 0 Å². The quantitative estimate of drug-likeness (QED) is 0.885. The third-order valence-electron chi connectivity index (χ3n) is 4.72. The molecule has 1 aliphatic carbocycles. The number of rotatable bonds is 5. The summed E-state index contributed by atoms with van der Waals surface area (Å²) >= 11 is 1.79. The average Bonchev–Trinajstić information content (AvgIpc) is 2.94. The molecule has 0 aromatic carbocycles. The van der Waals surface area contributed by atoms with E-state index in [4.69, 9.17) is 10.3 Å². The normalized spacial score (nSPS) is 25.0. The molecular formula is C16H29N3OS. The lowest BCUT2D eigenvalue weighted by atomic mass is 9.70. The van der Waals surface area contributed by atoms with Crippen molar-refractivity contribution in [1.82, 2.24) is 10.1 Å². The molecule has 1 aliphatic rings. The molecule has 1 heterocycles. The van der Waals surface area contributed by atoms with Crippen LogP contribution in [0.2, 0.25) is 0 Å². The van der Waals surface area contributed by atoms with Crippen LogP contribution in [-0.4, -0.2) is 22.1 Å². The summed E-state index contributed by atoms with van der Waals surface area (Å²) in [4.78, 5) is 4.56. The second-order valence-corrected chi connectivity index (χ2v) is 8.28. The van der Waals surface area contributed by atoms with E-state index in [1.807, 2.05) is 0 Å². The number of aromatic nitrogens is 2. The van der Waals surface area contributed by atoms with E-state index >= 15 is 0 Å². The van der Waals surface area contributed by atoms with Gasteiger partial charge in [-0.1, -0.05) is 25.9 Å². The van der Waals surface area contributed by atoms with Gasteiger partial charge in [-0.3, -0.25) is 0 Å². The van der Waals surface area contributed by atoms with Crippen LogP contribution in [0.25, 0.3) is 0 Å². The molecule has 4 nitrogen and oxygen atoms in total. The van der Waals surface area contributed by atoms with Crippen LogP contribution in [0.5, 0.6) is 0 Å². The zero-order chi connectivity index (χ0) is 15.5. The molecule has 0 spiro atoms. The van der Waals surface area contributed by atoms with Gasteiger partial charge in [0.2, 0.25) is 5.89 Å². The van der Waals surface area contributed by atoms with E-state index in [2.05, 4.69) is 37.2 Å². The number of nitrogens with two attached hydrogens (primary N) is 1. The van der Waals surface area contributed by atoms with Gasteiger partial charge in [-0.15, -0.1) is 0 Å². The van der Waals surface area contributed by atoms with Crippen LogP contribution in [0.4, 0.5) is 0 Å². The summed E-state index contributed by atoms with van der Waals surface area (Å²) in [7, 11) is 0. The summed E-state index contributed by atoms with van der Waals surface area (Å²) in [6.07, 6.45) is 7.83. The van der Waals surface area contributed by atoms with Crippen LogP contribution >= 0.6 is 11.8 Å². The number of nitrogens with zero attached hydrogens (tertiary/aromatic N) is 2. The monoisotopic (exact) mass is 311 g/mol. The highest BCUT2D eigenvalue weighted by Gasteiger charge is 2.32. The second kappa shape index (κ2) is 7.14. The van der Waals surface area contributed by atoms with Gasteiger partial charge < -0.3 is 10.3 Å². The summed E-state index contributed by atoms with van der Waals surface area (Å²) in [6, 6.07) is -0.121. The molecule has 0 aliphatic heterocycles. The molecular weight excluding hydrogens is 282 g/mol. The van der Waals surface area contributed by atoms with Crippen molar-refractivity contribution >= 4 is 11.8 Å². The molecule has 1 atom stereocenters. The van der Waals surface area contributed by atoms with Crippen molar-refractivity contribution < 1.29 is 4.52 Å².